The van der Waals surface area contributed by atoms with Gasteiger partial charge in [-0.2, -0.15) is 0 Å². The Morgan fingerprint density at radius 3 is 2.64 bits per heavy atom. The fourth-order valence-corrected chi connectivity index (χ4v) is 2.68. The molecule has 1 aliphatic heterocycles. The lowest BCUT2D eigenvalue weighted by molar-refractivity contribution is 0.0949. The van der Waals surface area contributed by atoms with Gasteiger partial charge in [0.2, 0.25) is 0 Å². The van der Waals surface area contributed by atoms with Crippen LogP contribution < -0.4 is 15.5 Å². The van der Waals surface area contributed by atoms with Gasteiger partial charge in [-0.25, -0.2) is 4.98 Å². The van der Waals surface area contributed by atoms with Gasteiger partial charge in [0, 0.05) is 31.0 Å². The van der Waals surface area contributed by atoms with Gasteiger partial charge in [0.1, 0.15) is 11.5 Å². The number of amides is 1. The molecule has 2 N–H and O–H groups in total. The monoisotopic (exact) mass is 340 g/mol. The quantitative estimate of drug-likeness (QED) is 0.846. The molecule has 0 spiro atoms. The Hall–Kier alpha value is -2.60. The van der Waals surface area contributed by atoms with Crippen LogP contribution in [0.25, 0.3) is 0 Å². The normalized spacial score (nSPS) is 14.2. The molecule has 0 aliphatic carbocycles. The lowest BCUT2D eigenvalue weighted by Crippen LogP contribution is -2.36. The molecule has 0 unspecified atom stereocenters. The Morgan fingerprint density at radius 2 is 1.92 bits per heavy atom. The molecule has 6 heteroatoms. The van der Waals surface area contributed by atoms with Crippen LogP contribution in [0.2, 0.25) is 0 Å². The molecular formula is C19H24N4O2. The molecular weight excluding hydrogens is 316 g/mol. The van der Waals surface area contributed by atoms with Crippen LogP contribution >= 0.6 is 0 Å². The van der Waals surface area contributed by atoms with Crippen molar-refractivity contribution < 1.29 is 9.53 Å². The van der Waals surface area contributed by atoms with Crippen molar-refractivity contribution in [3.05, 3.63) is 48.2 Å². The van der Waals surface area contributed by atoms with Gasteiger partial charge in [0.25, 0.3) is 5.91 Å². The van der Waals surface area contributed by atoms with Crippen LogP contribution in [0.4, 0.5) is 17.2 Å². The molecule has 1 amide bonds. The van der Waals surface area contributed by atoms with Gasteiger partial charge in [-0.15, -0.1) is 0 Å². The number of benzene rings is 1. The van der Waals surface area contributed by atoms with E-state index in [2.05, 4.69) is 32.7 Å². The second-order valence-electron chi connectivity index (χ2n) is 5.94. The number of ether oxygens (including phenoxy) is 1. The predicted octanol–water partition coefficient (Wildman–Crippen LogP) is 2.80. The zero-order valence-corrected chi connectivity index (χ0v) is 14.5. The summed E-state index contributed by atoms with van der Waals surface area (Å²) in [4.78, 5) is 18.7. The molecule has 1 aromatic heterocycles. The smallest absolute Gasteiger partial charge is 0.269 e. The lowest BCUT2D eigenvalue weighted by atomic mass is 10.2. The summed E-state index contributed by atoms with van der Waals surface area (Å²) in [7, 11) is 0. The minimum absolute atomic E-state index is 0.145. The van der Waals surface area contributed by atoms with Gasteiger partial charge in [-0.1, -0.05) is 13.0 Å². The Balaban J connectivity index is 1.64. The number of hydrogen-bond donors (Lipinski definition) is 2. The van der Waals surface area contributed by atoms with Gasteiger partial charge in [-0.05, 0) is 42.8 Å². The van der Waals surface area contributed by atoms with Crippen molar-refractivity contribution in [1.29, 1.82) is 0 Å². The van der Waals surface area contributed by atoms with Crippen LogP contribution in [0.1, 0.15) is 23.8 Å². The number of carbonyl (C=O) groups is 1. The predicted molar refractivity (Wildman–Crippen MR) is 99.6 cm³/mol. The third-order valence-electron chi connectivity index (χ3n) is 4.03. The van der Waals surface area contributed by atoms with E-state index in [1.807, 2.05) is 31.2 Å². The van der Waals surface area contributed by atoms with Crippen molar-refractivity contribution in [1.82, 2.24) is 10.3 Å². The van der Waals surface area contributed by atoms with E-state index < -0.39 is 0 Å². The summed E-state index contributed by atoms with van der Waals surface area (Å²) in [5.74, 6) is 0.511. The molecule has 1 saturated heterocycles. The number of morpholine rings is 1. The van der Waals surface area contributed by atoms with E-state index in [0.717, 1.165) is 38.4 Å². The Labute approximate surface area is 148 Å². The van der Waals surface area contributed by atoms with Crippen LogP contribution in [0.3, 0.4) is 0 Å². The third kappa shape index (κ3) is 4.70. The van der Waals surface area contributed by atoms with Crippen molar-refractivity contribution in [2.75, 3.05) is 43.1 Å². The SMILES string of the molecule is CCCNC(=O)c1cccc(Nc2ccc(N3CCOCC3)cc2)n1. The minimum atomic E-state index is -0.145. The number of anilines is 3. The molecule has 1 aromatic carbocycles. The van der Waals surface area contributed by atoms with Gasteiger partial charge in [0.05, 0.1) is 13.2 Å². The van der Waals surface area contributed by atoms with E-state index in [1.54, 1.807) is 6.07 Å². The number of carbonyl (C=O) groups excluding carboxylic acids is 1. The first-order valence-electron chi connectivity index (χ1n) is 8.71. The number of rotatable bonds is 6. The topological polar surface area (TPSA) is 66.5 Å². The summed E-state index contributed by atoms with van der Waals surface area (Å²) in [6.07, 6.45) is 0.902. The summed E-state index contributed by atoms with van der Waals surface area (Å²) < 4.78 is 5.38. The van der Waals surface area contributed by atoms with Crippen LogP contribution in [-0.2, 0) is 4.74 Å². The summed E-state index contributed by atoms with van der Waals surface area (Å²) in [5, 5.41) is 6.09. The van der Waals surface area contributed by atoms with E-state index in [9.17, 15) is 4.79 Å². The maximum Gasteiger partial charge on any atom is 0.269 e. The molecule has 3 rings (SSSR count). The number of nitrogens with one attached hydrogen (secondary N) is 2. The largest absolute Gasteiger partial charge is 0.378 e. The molecule has 0 bridgehead atoms. The molecule has 2 heterocycles. The molecule has 132 valence electrons. The lowest BCUT2D eigenvalue weighted by Gasteiger charge is -2.28. The van der Waals surface area contributed by atoms with Gasteiger partial charge >= 0.3 is 0 Å². The second kappa shape index (κ2) is 8.48. The number of nitrogens with zero attached hydrogens (tertiary/aromatic N) is 2. The number of aromatic nitrogens is 1. The molecule has 6 nitrogen and oxygen atoms in total. The Bertz CT molecular complexity index is 697. The fourth-order valence-electron chi connectivity index (χ4n) is 2.68. The maximum absolute atomic E-state index is 12.0. The first kappa shape index (κ1) is 17.2. The van der Waals surface area contributed by atoms with Crippen LogP contribution in [0.5, 0.6) is 0 Å². The van der Waals surface area contributed by atoms with Crippen molar-refractivity contribution >= 4 is 23.1 Å². The average molecular weight is 340 g/mol. The highest BCUT2D eigenvalue weighted by molar-refractivity contribution is 5.92. The highest BCUT2D eigenvalue weighted by atomic mass is 16.5. The summed E-state index contributed by atoms with van der Waals surface area (Å²) >= 11 is 0. The maximum atomic E-state index is 12.0. The van der Waals surface area contributed by atoms with Gasteiger partial charge < -0.3 is 20.3 Å². The van der Waals surface area contributed by atoms with Crippen LogP contribution in [0, 0.1) is 0 Å². The molecule has 2 aromatic rings. The van der Waals surface area contributed by atoms with Gasteiger partial charge in [0.15, 0.2) is 0 Å². The minimum Gasteiger partial charge on any atom is -0.378 e. The van der Waals surface area contributed by atoms with E-state index >= 15 is 0 Å². The van der Waals surface area contributed by atoms with E-state index in [-0.39, 0.29) is 5.91 Å². The van der Waals surface area contributed by atoms with E-state index in [0.29, 0.717) is 18.1 Å². The molecule has 25 heavy (non-hydrogen) atoms. The van der Waals surface area contributed by atoms with E-state index in [4.69, 9.17) is 4.74 Å². The van der Waals surface area contributed by atoms with E-state index in [1.165, 1.54) is 5.69 Å². The van der Waals surface area contributed by atoms with Gasteiger partial charge in [-0.3, -0.25) is 4.79 Å². The fraction of sp³-hybridized carbons (Fsp3) is 0.368. The summed E-state index contributed by atoms with van der Waals surface area (Å²) in [6, 6.07) is 13.6. The molecule has 0 saturated carbocycles. The average Bonchev–Trinajstić information content (AvgIpc) is 2.67. The molecule has 1 fully saturated rings. The van der Waals surface area contributed by atoms with Crippen molar-refractivity contribution in [3.8, 4) is 0 Å². The highest BCUT2D eigenvalue weighted by Gasteiger charge is 2.11. The molecule has 1 aliphatic rings. The van der Waals surface area contributed by atoms with Crippen molar-refractivity contribution in [2.24, 2.45) is 0 Å². The highest BCUT2D eigenvalue weighted by Crippen LogP contribution is 2.21. The first-order valence-corrected chi connectivity index (χ1v) is 8.71. The first-order chi connectivity index (χ1) is 12.3. The summed E-state index contributed by atoms with van der Waals surface area (Å²) in [5.41, 5.74) is 2.55. The number of pyridine rings is 1. The number of hydrogen-bond acceptors (Lipinski definition) is 5. The summed E-state index contributed by atoms with van der Waals surface area (Å²) in [6.45, 7) is 6.06. The molecule has 0 atom stereocenters. The second-order valence-corrected chi connectivity index (χ2v) is 5.94. The Morgan fingerprint density at radius 1 is 1.16 bits per heavy atom. The zero-order chi connectivity index (χ0) is 17.5. The third-order valence-corrected chi connectivity index (χ3v) is 4.03. The zero-order valence-electron chi connectivity index (χ0n) is 14.5. The molecule has 0 radical (unpaired) electrons. The van der Waals surface area contributed by atoms with Crippen molar-refractivity contribution in [2.45, 2.75) is 13.3 Å². The standard InChI is InChI=1S/C19H24N4O2/c1-2-10-20-19(24)17-4-3-5-18(22-17)21-15-6-8-16(9-7-15)23-11-13-25-14-12-23/h3-9H,2,10-14H2,1H3,(H,20,24)(H,21,22). The van der Waals surface area contributed by atoms with Crippen LogP contribution in [0.15, 0.2) is 42.5 Å². The van der Waals surface area contributed by atoms with Crippen LogP contribution in [-0.4, -0.2) is 43.7 Å². The van der Waals surface area contributed by atoms with Crippen molar-refractivity contribution in [3.63, 3.8) is 0 Å². The Kier molecular flexibility index (Phi) is 5.85.